The lowest BCUT2D eigenvalue weighted by Crippen LogP contribution is -2.34. The van der Waals surface area contributed by atoms with E-state index >= 15 is 0 Å². The first-order valence-corrected chi connectivity index (χ1v) is 11.2. The quantitative estimate of drug-likeness (QED) is 0.482. The molecule has 3 aromatic rings. The molecule has 7 heteroatoms. The van der Waals surface area contributed by atoms with Crippen LogP contribution in [0.3, 0.4) is 0 Å². The molecular weight excluding hydrogens is 434 g/mol. The molecule has 7 nitrogen and oxygen atoms in total. The van der Waals surface area contributed by atoms with Crippen LogP contribution in [-0.4, -0.2) is 38.2 Å². The number of hydrogen-bond acceptors (Lipinski definition) is 7. The van der Waals surface area contributed by atoms with Crippen LogP contribution in [0.25, 0.3) is 6.08 Å². The number of furan rings is 1. The van der Waals surface area contributed by atoms with Crippen molar-refractivity contribution in [2.24, 2.45) is 0 Å². The average molecular weight is 462 g/mol. The van der Waals surface area contributed by atoms with Crippen molar-refractivity contribution in [3.63, 3.8) is 0 Å². The lowest BCUT2D eigenvalue weighted by Gasteiger charge is -2.30. The zero-order chi connectivity index (χ0) is 23.8. The van der Waals surface area contributed by atoms with E-state index in [1.807, 2.05) is 50.2 Å². The van der Waals surface area contributed by atoms with Gasteiger partial charge in [0.2, 0.25) is 5.78 Å². The molecule has 0 N–H and O–H groups in total. The summed E-state index contributed by atoms with van der Waals surface area (Å²) in [6, 6.07) is 11.5. The highest BCUT2D eigenvalue weighted by Gasteiger charge is 2.33. The molecule has 176 valence electrons. The molecule has 0 saturated heterocycles. The highest BCUT2D eigenvalue weighted by atomic mass is 16.5. The van der Waals surface area contributed by atoms with Gasteiger partial charge in [0.1, 0.15) is 29.8 Å². The number of allylic oxidation sites excluding steroid dienone is 1. The lowest BCUT2D eigenvalue weighted by molar-refractivity contribution is 0.0953. The maximum absolute atomic E-state index is 13.0. The van der Waals surface area contributed by atoms with Gasteiger partial charge in [-0.3, -0.25) is 9.69 Å². The Hall–Kier alpha value is -3.71. The normalized spacial score (nSPS) is 16.1. The largest absolute Gasteiger partial charge is 0.493 e. The van der Waals surface area contributed by atoms with Gasteiger partial charge >= 0.3 is 0 Å². The molecule has 3 heterocycles. The Balaban J connectivity index is 1.32. The first-order chi connectivity index (χ1) is 16.5. The Morgan fingerprint density at radius 1 is 1.03 bits per heavy atom. The smallest absolute Gasteiger partial charge is 0.232 e. The fourth-order valence-electron chi connectivity index (χ4n) is 4.42. The number of methoxy groups -OCH3 is 2. The van der Waals surface area contributed by atoms with Crippen LogP contribution in [0.2, 0.25) is 0 Å². The molecular formula is C27H27NO6. The van der Waals surface area contributed by atoms with Gasteiger partial charge in [-0.25, -0.2) is 0 Å². The van der Waals surface area contributed by atoms with E-state index in [0.717, 1.165) is 46.9 Å². The molecule has 0 amide bonds. The third-order valence-corrected chi connectivity index (χ3v) is 6.20. The number of carbonyl (C=O) groups excluding carboxylic acids is 1. The Morgan fingerprint density at radius 3 is 2.59 bits per heavy atom. The minimum atomic E-state index is -0.141. The second kappa shape index (κ2) is 8.91. The fraction of sp³-hybridized carbons (Fsp3) is 0.296. The molecule has 1 aromatic heterocycles. The second-order valence-corrected chi connectivity index (χ2v) is 8.52. The molecule has 0 saturated carbocycles. The zero-order valence-corrected chi connectivity index (χ0v) is 19.8. The first-order valence-electron chi connectivity index (χ1n) is 11.2. The van der Waals surface area contributed by atoms with E-state index < -0.39 is 0 Å². The van der Waals surface area contributed by atoms with E-state index in [-0.39, 0.29) is 11.5 Å². The lowest BCUT2D eigenvalue weighted by atomic mass is 10.00. The molecule has 2 aliphatic heterocycles. The van der Waals surface area contributed by atoms with E-state index in [1.54, 1.807) is 20.3 Å². The van der Waals surface area contributed by atoms with Crippen LogP contribution >= 0.6 is 0 Å². The number of Topliss-reactive ketones (excluding diaryl/α,β-unsaturated/α-hetero) is 1. The molecule has 0 bridgehead atoms. The molecule has 0 spiro atoms. The number of ether oxygens (including phenoxy) is 4. The minimum absolute atomic E-state index is 0.141. The van der Waals surface area contributed by atoms with Crippen molar-refractivity contribution < 1.29 is 28.2 Å². The average Bonchev–Trinajstić information content (AvgIpc) is 3.40. The minimum Gasteiger partial charge on any atom is -0.493 e. The number of carbonyl (C=O) groups is 1. The molecule has 2 aromatic carbocycles. The van der Waals surface area contributed by atoms with Gasteiger partial charge in [0, 0.05) is 30.3 Å². The summed E-state index contributed by atoms with van der Waals surface area (Å²) in [6.45, 7) is 5.77. The van der Waals surface area contributed by atoms with Crippen molar-refractivity contribution in [3.8, 4) is 23.0 Å². The summed E-state index contributed by atoms with van der Waals surface area (Å²) in [5.41, 5.74) is 3.55. The number of aryl methyl sites for hydroxylation is 1. The van der Waals surface area contributed by atoms with Crippen molar-refractivity contribution in [1.29, 1.82) is 0 Å². The number of rotatable bonds is 6. The van der Waals surface area contributed by atoms with E-state index in [0.29, 0.717) is 36.1 Å². The SMILES string of the molecule is COc1ccc(CCN2COc3c(cc4c(c3C)O/C(=C\c3ccc(C)o3)C4=O)C2)cc1OC. The van der Waals surface area contributed by atoms with Crippen LogP contribution in [0.5, 0.6) is 23.0 Å². The van der Waals surface area contributed by atoms with Gasteiger partial charge in [-0.2, -0.15) is 0 Å². The van der Waals surface area contributed by atoms with Crippen LogP contribution in [0.15, 0.2) is 46.6 Å². The Labute approximate surface area is 198 Å². The molecule has 0 unspecified atom stereocenters. The van der Waals surface area contributed by atoms with Crippen molar-refractivity contribution in [2.45, 2.75) is 26.8 Å². The molecule has 34 heavy (non-hydrogen) atoms. The Morgan fingerprint density at radius 2 is 1.85 bits per heavy atom. The summed E-state index contributed by atoms with van der Waals surface area (Å²) >= 11 is 0. The molecule has 0 radical (unpaired) electrons. The van der Waals surface area contributed by atoms with Gasteiger partial charge < -0.3 is 23.4 Å². The highest BCUT2D eigenvalue weighted by molar-refractivity contribution is 6.15. The van der Waals surface area contributed by atoms with Crippen molar-refractivity contribution in [3.05, 3.63) is 75.9 Å². The number of nitrogens with zero attached hydrogens (tertiary/aromatic N) is 1. The summed E-state index contributed by atoms with van der Waals surface area (Å²) in [5, 5.41) is 0. The predicted octanol–water partition coefficient (Wildman–Crippen LogP) is 4.92. The maximum atomic E-state index is 13.0. The van der Waals surface area contributed by atoms with Gasteiger partial charge in [0.05, 0.1) is 19.8 Å². The van der Waals surface area contributed by atoms with Crippen LogP contribution < -0.4 is 18.9 Å². The zero-order valence-electron chi connectivity index (χ0n) is 19.8. The molecule has 2 aliphatic rings. The number of benzene rings is 2. The highest BCUT2D eigenvalue weighted by Crippen LogP contribution is 2.43. The first kappa shape index (κ1) is 22.1. The van der Waals surface area contributed by atoms with Gasteiger partial charge in [-0.1, -0.05) is 6.07 Å². The van der Waals surface area contributed by atoms with Crippen molar-refractivity contribution >= 4 is 11.9 Å². The van der Waals surface area contributed by atoms with Gasteiger partial charge in [-0.05, 0) is 56.2 Å². The van der Waals surface area contributed by atoms with Crippen LogP contribution in [0, 0.1) is 13.8 Å². The van der Waals surface area contributed by atoms with Crippen LogP contribution in [0.1, 0.15) is 38.6 Å². The van der Waals surface area contributed by atoms with Crippen LogP contribution in [0.4, 0.5) is 0 Å². The van der Waals surface area contributed by atoms with E-state index in [2.05, 4.69) is 4.90 Å². The van der Waals surface area contributed by atoms with E-state index in [9.17, 15) is 4.79 Å². The van der Waals surface area contributed by atoms with Gasteiger partial charge in [-0.15, -0.1) is 0 Å². The maximum Gasteiger partial charge on any atom is 0.232 e. The predicted molar refractivity (Wildman–Crippen MR) is 127 cm³/mol. The molecule has 0 fully saturated rings. The van der Waals surface area contributed by atoms with Crippen LogP contribution in [-0.2, 0) is 13.0 Å². The number of ketones is 1. The standard InChI is InChI=1S/C27H27NO6/c1-16-5-7-20(33-16)13-24-25(29)21-12-19-14-28(15-32-26(19)17(2)27(21)34-24)10-9-18-6-8-22(30-3)23(11-18)31-4/h5-8,11-13H,9-10,14-15H2,1-4H3/b24-13-. The summed E-state index contributed by atoms with van der Waals surface area (Å²) in [5.74, 6) is 4.29. The Bertz CT molecular complexity index is 1290. The topological polar surface area (TPSA) is 70.4 Å². The van der Waals surface area contributed by atoms with Gasteiger partial charge in [0.25, 0.3) is 0 Å². The van der Waals surface area contributed by atoms with E-state index in [1.165, 1.54) is 0 Å². The fourth-order valence-corrected chi connectivity index (χ4v) is 4.42. The third kappa shape index (κ3) is 4.03. The number of fused-ring (bicyclic) bond motifs is 2. The van der Waals surface area contributed by atoms with E-state index in [4.69, 9.17) is 23.4 Å². The molecule has 0 atom stereocenters. The molecule has 0 aliphatic carbocycles. The monoisotopic (exact) mass is 461 g/mol. The molecule has 5 rings (SSSR count). The summed E-state index contributed by atoms with van der Waals surface area (Å²) in [4.78, 5) is 15.3. The van der Waals surface area contributed by atoms with Crippen molar-refractivity contribution in [2.75, 3.05) is 27.5 Å². The third-order valence-electron chi connectivity index (χ3n) is 6.20. The van der Waals surface area contributed by atoms with Gasteiger partial charge in [0.15, 0.2) is 17.3 Å². The Kier molecular flexibility index (Phi) is 5.79. The summed E-state index contributed by atoms with van der Waals surface area (Å²) < 4.78 is 28.3. The number of hydrogen-bond donors (Lipinski definition) is 0. The second-order valence-electron chi connectivity index (χ2n) is 8.52. The summed E-state index contributed by atoms with van der Waals surface area (Å²) in [7, 11) is 3.27. The van der Waals surface area contributed by atoms with Crippen molar-refractivity contribution in [1.82, 2.24) is 4.90 Å². The summed E-state index contributed by atoms with van der Waals surface area (Å²) in [6.07, 6.45) is 2.48.